The van der Waals surface area contributed by atoms with Crippen LogP contribution in [0.25, 0.3) is 0 Å². The van der Waals surface area contributed by atoms with E-state index in [0.717, 1.165) is 39.0 Å². The van der Waals surface area contributed by atoms with Gasteiger partial charge in [-0.2, -0.15) is 0 Å². The predicted molar refractivity (Wildman–Crippen MR) is 96.0 cm³/mol. The summed E-state index contributed by atoms with van der Waals surface area (Å²) in [5.41, 5.74) is 2.13. The van der Waals surface area contributed by atoms with E-state index in [0.29, 0.717) is 11.6 Å². The van der Waals surface area contributed by atoms with Crippen LogP contribution < -0.4 is 5.32 Å². The van der Waals surface area contributed by atoms with Crippen LogP contribution in [0.1, 0.15) is 18.4 Å². The molecule has 1 N–H and O–H groups in total. The average molecular weight is 325 g/mol. The number of hydrogen-bond donors (Lipinski definition) is 1. The first kappa shape index (κ1) is 16.5. The molecule has 0 aromatic heterocycles. The Morgan fingerprint density at radius 3 is 2.42 bits per heavy atom. The van der Waals surface area contributed by atoms with E-state index in [1.54, 1.807) is 18.2 Å². The summed E-state index contributed by atoms with van der Waals surface area (Å²) in [4.78, 5) is 13.2. The van der Waals surface area contributed by atoms with Gasteiger partial charge in [-0.05, 0) is 43.5 Å². The molecule has 1 fully saturated rings. The lowest BCUT2D eigenvalue weighted by molar-refractivity contribution is -0.384. The van der Waals surface area contributed by atoms with Crippen molar-refractivity contribution in [1.82, 2.24) is 4.90 Å². The lowest BCUT2D eigenvalue weighted by atomic mass is 9.96. The Balaban J connectivity index is 1.47. The summed E-state index contributed by atoms with van der Waals surface area (Å²) < 4.78 is 0. The number of nitro groups is 1. The molecule has 1 aliphatic heterocycles. The summed E-state index contributed by atoms with van der Waals surface area (Å²) in [5, 5.41) is 14.3. The SMILES string of the molecule is O=[N+]([O-])c1ccccc1NCC1CCN(Cc2ccccc2)CC1. The zero-order valence-electron chi connectivity index (χ0n) is 13.7. The Hall–Kier alpha value is -2.40. The topological polar surface area (TPSA) is 58.4 Å². The lowest BCUT2D eigenvalue weighted by Gasteiger charge is -2.32. The van der Waals surface area contributed by atoms with Gasteiger partial charge in [0.2, 0.25) is 0 Å². The maximum atomic E-state index is 11.0. The molecule has 0 bridgehead atoms. The molecule has 126 valence electrons. The largest absolute Gasteiger partial charge is 0.379 e. The average Bonchev–Trinajstić information content (AvgIpc) is 2.62. The van der Waals surface area contributed by atoms with Crippen LogP contribution in [0.3, 0.4) is 0 Å². The highest BCUT2D eigenvalue weighted by Gasteiger charge is 2.20. The molecule has 0 aliphatic carbocycles. The van der Waals surface area contributed by atoms with Gasteiger partial charge in [-0.1, -0.05) is 42.5 Å². The highest BCUT2D eigenvalue weighted by atomic mass is 16.6. The third-order valence-corrected chi connectivity index (χ3v) is 4.64. The molecule has 0 saturated carbocycles. The fourth-order valence-electron chi connectivity index (χ4n) is 3.23. The van der Waals surface area contributed by atoms with Crippen LogP contribution in [0.15, 0.2) is 54.6 Å². The number of hydrogen-bond acceptors (Lipinski definition) is 4. The van der Waals surface area contributed by atoms with Gasteiger partial charge in [-0.3, -0.25) is 15.0 Å². The number of para-hydroxylation sites is 2. The van der Waals surface area contributed by atoms with Gasteiger partial charge in [0.05, 0.1) is 4.92 Å². The summed E-state index contributed by atoms with van der Waals surface area (Å²) in [5.74, 6) is 0.567. The number of anilines is 1. The Kier molecular flexibility index (Phi) is 5.43. The van der Waals surface area contributed by atoms with Crippen molar-refractivity contribution >= 4 is 11.4 Å². The van der Waals surface area contributed by atoms with Crippen molar-refractivity contribution in [3.63, 3.8) is 0 Å². The molecule has 0 amide bonds. The van der Waals surface area contributed by atoms with E-state index < -0.39 is 0 Å². The number of nitrogens with zero attached hydrogens (tertiary/aromatic N) is 2. The van der Waals surface area contributed by atoms with Crippen molar-refractivity contribution in [2.75, 3.05) is 25.0 Å². The normalized spacial score (nSPS) is 16.0. The first-order valence-electron chi connectivity index (χ1n) is 8.46. The Bertz CT molecular complexity index is 667. The van der Waals surface area contributed by atoms with Crippen LogP contribution in [0, 0.1) is 16.0 Å². The molecule has 5 heteroatoms. The maximum absolute atomic E-state index is 11.0. The van der Waals surface area contributed by atoms with E-state index in [-0.39, 0.29) is 10.6 Å². The van der Waals surface area contributed by atoms with Gasteiger partial charge in [0.1, 0.15) is 5.69 Å². The molecule has 1 aliphatic rings. The fraction of sp³-hybridized carbons (Fsp3) is 0.368. The number of nitro benzene ring substituents is 1. The van der Waals surface area contributed by atoms with Crippen molar-refractivity contribution in [1.29, 1.82) is 0 Å². The predicted octanol–water partition coefficient (Wildman–Crippen LogP) is 3.92. The third-order valence-electron chi connectivity index (χ3n) is 4.64. The highest BCUT2D eigenvalue weighted by Crippen LogP contribution is 2.25. The van der Waals surface area contributed by atoms with Crippen LogP contribution >= 0.6 is 0 Å². The summed E-state index contributed by atoms with van der Waals surface area (Å²) in [6, 6.07) is 17.4. The molecule has 0 radical (unpaired) electrons. The second-order valence-electron chi connectivity index (χ2n) is 6.36. The standard InChI is InChI=1S/C19H23N3O2/c23-22(24)19-9-5-4-8-18(19)20-14-16-10-12-21(13-11-16)15-17-6-2-1-3-7-17/h1-9,16,20H,10-15H2. The van der Waals surface area contributed by atoms with Crippen molar-refractivity contribution in [2.45, 2.75) is 19.4 Å². The van der Waals surface area contributed by atoms with Gasteiger partial charge in [0.15, 0.2) is 0 Å². The lowest BCUT2D eigenvalue weighted by Crippen LogP contribution is -2.35. The van der Waals surface area contributed by atoms with E-state index in [4.69, 9.17) is 0 Å². The third kappa shape index (κ3) is 4.32. The number of likely N-dealkylation sites (tertiary alicyclic amines) is 1. The molecular weight excluding hydrogens is 302 g/mol. The molecule has 1 heterocycles. The molecule has 2 aromatic carbocycles. The minimum Gasteiger partial charge on any atom is -0.379 e. The number of piperidine rings is 1. The second-order valence-corrected chi connectivity index (χ2v) is 6.36. The van der Waals surface area contributed by atoms with Gasteiger partial charge >= 0.3 is 0 Å². The summed E-state index contributed by atoms with van der Waals surface area (Å²) >= 11 is 0. The van der Waals surface area contributed by atoms with Crippen LogP contribution in [0.4, 0.5) is 11.4 Å². The molecular formula is C19H23N3O2. The van der Waals surface area contributed by atoms with E-state index >= 15 is 0 Å². The highest BCUT2D eigenvalue weighted by molar-refractivity contribution is 5.61. The van der Waals surface area contributed by atoms with Gasteiger partial charge in [-0.25, -0.2) is 0 Å². The molecule has 24 heavy (non-hydrogen) atoms. The summed E-state index contributed by atoms with van der Waals surface area (Å²) in [6.45, 7) is 3.96. The van der Waals surface area contributed by atoms with E-state index in [1.807, 2.05) is 12.1 Å². The van der Waals surface area contributed by atoms with Gasteiger partial charge in [0, 0.05) is 19.2 Å². The number of rotatable bonds is 6. The molecule has 2 aromatic rings. The number of benzene rings is 2. The van der Waals surface area contributed by atoms with Gasteiger partial charge in [0.25, 0.3) is 5.69 Å². The van der Waals surface area contributed by atoms with Gasteiger partial charge in [-0.15, -0.1) is 0 Å². The zero-order valence-corrected chi connectivity index (χ0v) is 13.7. The fourth-order valence-corrected chi connectivity index (χ4v) is 3.23. The van der Waals surface area contributed by atoms with E-state index in [2.05, 4.69) is 34.5 Å². The van der Waals surface area contributed by atoms with Gasteiger partial charge < -0.3 is 5.32 Å². The van der Waals surface area contributed by atoms with Crippen molar-refractivity contribution in [3.05, 3.63) is 70.3 Å². The first-order valence-corrected chi connectivity index (χ1v) is 8.46. The van der Waals surface area contributed by atoms with E-state index in [9.17, 15) is 10.1 Å². The smallest absolute Gasteiger partial charge is 0.292 e. The molecule has 3 rings (SSSR count). The monoisotopic (exact) mass is 325 g/mol. The summed E-state index contributed by atoms with van der Waals surface area (Å²) in [7, 11) is 0. The minimum absolute atomic E-state index is 0.152. The zero-order chi connectivity index (χ0) is 16.8. The summed E-state index contributed by atoms with van der Waals surface area (Å²) in [6.07, 6.45) is 2.25. The van der Waals surface area contributed by atoms with Crippen LogP contribution in [-0.2, 0) is 6.54 Å². The molecule has 1 saturated heterocycles. The molecule has 0 spiro atoms. The van der Waals surface area contributed by atoms with Crippen LogP contribution in [-0.4, -0.2) is 29.5 Å². The van der Waals surface area contributed by atoms with E-state index in [1.165, 1.54) is 5.56 Å². The van der Waals surface area contributed by atoms with Crippen LogP contribution in [0.5, 0.6) is 0 Å². The minimum atomic E-state index is -0.329. The Labute approximate surface area is 142 Å². The molecule has 5 nitrogen and oxygen atoms in total. The van der Waals surface area contributed by atoms with Crippen molar-refractivity contribution in [3.8, 4) is 0 Å². The van der Waals surface area contributed by atoms with Crippen LogP contribution in [0.2, 0.25) is 0 Å². The second kappa shape index (κ2) is 7.93. The molecule has 0 atom stereocenters. The first-order chi connectivity index (χ1) is 11.7. The maximum Gasteiger partial charge on any atom is 0.292 e. The number of nitrogens with one attached hydrogen (secondary N) is 1. The van der Waals surface area contributed by atoms with Crippen molar-refractivity contribution in [2.24, 2.45) is 5.92 Å². The quantitative estimate of drug-likeness (QED) is 0.646. The molecule has 0 unspecified atom stereocenters. The Morgan fingerprint density at radius 2 is 1.71 bits per heavy atom. The van der Waals surface area contributed by atoms with Crippen molar-refractivity contribution < 1.29 is 4.92 Å². The Morgan fingerprint density at radius 1 is 1.04 bits per heavy atom.